The smallest absolute Gasteiger partial charge is 0.390 e. The first-order valence-electron chi connectivity index (χ1n) is 9.08. The minimum Gasteiger partial charge on any atom is -0.486 e. The maximum Gasteiger partial charge on any atom is 0.390 e. The molecular formula is C20H17Cl3N4O4. The monoisotopic (exact) mass is 482 g/mol. The average Bonchev–Trinajstić information content (AvgIpc) is 3.08. The van der Waals surface area contributed by atoms with E-state index in [0.717, 1.165) is 5.56 Å². The van der Waals surface area contributed by atoms with Gasteiger partial charge in [-0.25, -0.2) is 0 Å². The second kappa shape index (κ2) is 10.00. The molecule has 0 atom stereocenters. The molecule has 0 saturated carbocycles. The Kier molecular flexibility index (Phi) is 7.37. The number of hydrogen-bond acceptors (Lipinski definition) is 5. The molecule has 1 aromatic heterocycles. The number of carbonyl (C=O) groups is 1. The third kappa shape index (κ3) is 5.88. The Morgan fingerprint density at radius 2 is 1.90 bits per heavy atom. The SMILES string of the molecule is Cc1cc([N+](=O)[O-])nn1CCNC(=O)c1cccc(COc2c(Cl)cc(Cl)cc2Cl)c1. The number of halogens is 3. The summed E-state index contributed by atoms with van der Waals surface area (Å²) in [6.45, 7) is 2.43. The summed E-state index contributed by atoms with van der Waals surface area (Å²) in [5, 5.41) is 18.4. The largest absolute Gasteiger partial charge is 0.486 e. The van der Waals surface area contributed by atoms with E-state index in [2.05, 4.69) is 10.4 Å². The van der Waals surface area contributed by atoms with Crippen LogP contribution in [0.2, 0.25) is 15.1 Å². The van der Waals surface area contributed by atoms with E-state index >= 15 is 0 Å². The molecule has 0 fully saturated rings. The van der Waals surface area contributed by atoms with E-state index < -0.39 is 4.92 Å². The summed E-state index contributed by atoms with van der Waals surface area (Å²) in [6.07, 6.45) is 0. The minimum absolute atomic E-state index is 0.151. The van der Waals surface area contributed by atoms with E-state index in [9.17, 15) is 14.9 Å². The topological polar surface area (TPSA) is 99.3 Å². The van der Waals surface area contributed by atoms with Crippen molar-refractivity contribution in [2.75, 3.05) is 6.54 Å². The normalized spacial score (nSPS) is 10.7. The number of nitrogens with one attached hydrogen (secondary N) is 1. The number of benzene rings is 2. The van der Waals surface area contributed by atoms with E-state index in [1.807, 2.05) is 0 Å². The maximum atomic E-state index is 12.5. The minimum atomic E-state index is -0.556. The number of carbonyl (C=O) groups excluding carboxylic acids is 1. The molecule has 1 N–H and O–H groups in total. The highest BCUT2D eigenvalue weighted by molar-refractivity contribution is 6.40. The molecule has 0 radical (unpaired) electrons. The van der Waals surface area contributed by atoms with Crippen LogP contribution >= 0.6 is 34.8 Å². The van der Waals surface area contributed by atoms with Crippen molar-refractivity contribution >= 4 is 46.5 Å². The van der Waals surface area contributed by atoms with Crippen molar-refractivity contribution in [3.8, 4) is 5.75 Å². The molecule has 0 unspecified atom stereocenters. The van der Waals surface area contributed by atoms with E-state index in [1.54, 1.807) is 31.2 Å². The van der Waals surface area contributed by atoms with Gasteiger partial charge in [-0.05, 0) is 41.7 Å². The molecule has 0 aliphatic carbocycles. The van der Waals surface area contributed by atoms with Gasteiger partial charge in [0.1, 0.15) is 6.61 Å². The Balaban J connectivity index is 1.58. The zero-order valence-corrected chi connectivity index (χ0v) is 18.5. The van der Waals surface area contributed by atoms with Gasteiger partial charge in [0, 0.05) is 17.1 Å². The van der Waals surface area contributed by atoms with Crippen LogP contribution < -0.4 is 10.1 Å². The van der Waals surface area contributed by atoms with Gasteiger partial charge in [0.05, 0.1) is 33.4 Å². The predicted octanol–water partition coefficient (Wildman–Crippen LogP) is 5.07. The Bertz CT molecular complexity index is 1110. The number of nitro groups is 1. The van der Waals surface area contributed by atoms with Crippen LogP contribution in [0.4, 0.5) is 5.82 Å². The van der Waals surface area contributed by atoms with Gasteiger partial charge < -0.3 is 20.2 Å². The maximum absolute atomic E-state index is 12.5. The van der Waals surface area contributed by atoms with Crippen LogP contribution in [-0.2, 0) is 13.2 Å². The van der Waals surface area contributed by atoms with Crippen molar-refractivity contribution in [3.05, 3.63) is 84.5 Å². The molecule has 11 heteroatoms. The first kappa shape index (κ1) is 22.9. The van der Waals surface area contributed by atoms with Crippen molar-refractivity contribution < 1.29 is 14.5 Å². The van der Waals surface area contributed by atoms with Crippen LogP contribution in [0.25, 0.3) is 0 Å². The summed E-state index contributed by atoms with van der Waals surface area (Å²) >= 11 is 18.1. The van der Waals surface area contributed by atoms with E-state index in [-0.39, 0.29) is 24.9 Å². The molecule has 0 aliphatic rings. The first-order chi connectivity index (χ1) is 14.7. The lowest BCUT2D eigenvalue weighted by atomic mass is 10.1. The Morgan fingerprint density at radius 1 is 1.19 bits per heavy atom. The molecule has 3 rings (SSSR count). The number of aryl methyl sites for hydroxylation is 1. The zero-order valence-electron chi connectivity index (χ0n) is 16.3. The molecule has 0 aliphatic heterocycles. The number of hydrogen-bond donors (Lipinski definition) is 1. The lowest BCUT2D eigenvalue weighted by Crippen LogP contribution is -2.27. The highest BCUT2D eigenvalue weighted by Crippen LogP contribution is 2.36. The van der Waals surface area contributed by atoms with Crippen molar-refractivity contribution in [1.29, 1.82) is 0 Å². The molecule has 31 heavy (non-hydrogen) atoms. The lowest BCUT2D eigenvalue weighted by molar-refractivity contribution is -0.389. The summed E-state index contributed by atoms with van der Waals surface area (Å²) in [5.74, 6) is -0.201. The van der Waals surface area contributed by atoms with E-state index in [4.69, 9.17) is 39.5 Å². The molecule has 0 saturated heterocycles. The number of amides is 1. The van der Waals surface area contributed by atoms with Crippen molar-refractivity contribution in [3.63, 3.8) is 0 Å². The van der Waals surface area contributed by atoms with Crippen molar-refractivity contribution in [2.24, 2.45) is 0 Å². The standard InChI is InChI=1S/C20H17Cl3N4O4/c1-12-7-18(27(29)30)25-26(12)6-5-24-20(28)14-4-2-3-13(8-14)11-31-19-16(22)9-15(21)10-17(19)23/h2-4,7-10H,5-6,11H2,1H3,(H,24,28). The second-order valence-electron chi connectivity index (χ2n) is 6.57. The van der Waals surface area contributed by atoms with Crippen LogP contribution in [0.1, 0.15) is 21.6 Å². The molecule has 1 heterocycles. The zero-order chi connectivity index (χ0) is 22.5. The summed E-state index contributed by atoms with van der Waals surface area (Å²) in [4.78, 5) is 22.7. The lowest BCUT2D eigenvalue weighted by Gasteiger charge is -2.11. The number of rotatable bonds is 8. The van der Waals surface area contributed by atoms with Gasteiger partial charge in [0.15, 0.2) is 5.75 Å². The van der Waals surface area contributed by atoms with Crippen LogP contribution in [0, 0.1) is 17.0 Å². The van der Waals surface area contributed by atoms with Gasteiger partial charge in [-0.15, -0.1) is 0 Å². The molecule has 3 aromatic rings. The molecule has 162 valence electrons. The van der Waals surface area contributed by atoms with Crippen LogP contribution in [0.3, 0.4) is 0 Å². The third-order valence-electron chi connectivity index (χ3n) is 4.30. The van der Waals surface area contributed by atoms with Gasteiger partial charge in [-0.2, -0.15) is 4.68 Å². The fourth-order valence-electron chi connectivity index (χ4n) is 2.81. The quantitative estimate of drug-likeness (QED) is 0.356. The van der Waals surface area contributed by atoms with Gasteiger partial charge >= 0.3 is 5.82 Å². The van der Waals surface area contributed by atoms with E-state index in [0.29, 0.717) is 38.6 Å². The Morgan fingerprint density at radius 3 is 2.55 bits per heavy atom. The van der Waals surface area contributed by atoms with Crippen LogP contribution in [0.5, 0.6) is 5.75 Å². The molecule has 1 amide bonds. The van der Waals surface area contributed by atoms with Crippen LogP contribution in [-0.4, -0.2) is 27.2 Å². The Hall–Kier alpha value is -2.81. The van der Waals surface area contributed by atoms with Gasteiger partial charge in [-0.3, -0.25) is 4.79 Å². The summed E-state index contributed by atoms with van der Waals surface area (Å²) in [5.41, 5.74) is 1.82. The average molecular weight is 484 g/mol. The molecular weight excluding hydrogens is 467 g/mol. The van der Waals surface area contributed by atoms with Crippen molar-refractivity contribution in [2.45, 2.75) is 20.1 Å². The first-order valence-corrected chi connectivity index (χ1v) is 10.2. The van der Waals surface area contributed by atoms with Gasteiger partial charge in [-0.1, -0.05) is 46.9 Å². The summed E-state index contributed by atoms with van der Waals surface area (Å²) in [7, 11) is 0. The van der Waals surface area contributed by atoms with Crippen LogP contribution in [0.15, 0.2) is 42.5 Å². The van der Waals surface area contributed by atoms with E-state index in [1.165, 1.54) is 22.9 Å². The number of aromatic nitrogens is 2. The fraction of sp³-hybridized carbons (Fsp3) is 0.200. The van der Waals surface area contributed by atoms with Gasteiger partial charge in [0.25, 0.3) is 5.91 Å². The number of nitrogens with zero attached hydrogens (tertiary/aromatic N) is 3. The van der Waals surface area contributed by atoms with Crippen molar-refractivity contribution in [1.82, 2.24) is 15.1 Å². The summed E-state index contributed by atoms with van der Waals surface area (Å²) < 4.78 is 7.17. The highest BCUT2D eigenvalue weighted by atomic mass is 35.5. The predicted molar refractivity (Wildman–Crippen MR) is 118 cm³/mol. The molecule has 0 spiro atoms. The third-order valence-corrected chi connectivity index (χ3v) is 5.08. The molecule has 8 nitrogen and oxygen atoms in total. The second-order valence-corrected chi connectivity index (χ2v) is 7.82. The number of ether oxygens (including phenoxy) is 1. The molecule has 2 aromatic carbocycles. The molecule has 0 bridgehead atoms. The summed E-state index contributed by atoms with van der Waals surface area (Å²) in [6, 6.07) is 11.3. The highest BCUT2D eigenvalue weighted by Gasteiger charge is 2.15. The van der Waals surface area contributed by atoms with Gasteiger partial charge in [0.2, 0.25) is 0 Å². The Labute approximate surface area is 192 Å². The fourth-order valence-corrected chi connectivity index (χ4v) is 3.74.